The fourth-order valence-corrected chi connectivity index (χ4v) is 1.83. The Morgan fingerprint density at radius 1 is 1.33 bits per heavy atom. The van der Waals surface area contributed by atoms with E-state index >= 15 is 0 Å². The molecular weight excluding hydrogens is 214 g/mol. The van der Waals surface area contributed by atoms with Gasteiger partial charge in [0.05, 0.1) is 13.2 Å². The summed E-state index contributed by atoms with van der Waals surface area (Å²) in [6, 6.07) is 3.71. The van der Waals surface area contributed by atoms with E-state index in [1.54, 1.807) is 0 Å². The van der Waals surface area contributed by atoms with Gasteiger partial charge in [0.2, 0.25) is 0 Å². The first kappa shape index (κ1) is 10.6. The largest absolute Gasteiger partial charge is 0.490 e. The second-order valence-corrected chi connectivity index (χ2v) is 3.84. The van der Waals surface area contributed by atoms with Crippen LogP contribution in [0.2, 0.25) is 5.02 Å². The van der Waals surface area contributed by atoms with Gasteiger partial charge in [-0.3, -0.25) is 0 Å². The van der Waals surface area contributed by atoms with E-state index in [1.165, 1.54) is 0 Å². The smallest absolute Gasteiger partial charge is 0.167 e. The second-order valence-electron chi connectivity index (χ2n) is 3.43. The lowest BCUT2D eigenvalue weighted by atomic mass is 10.2. The minimum absolute atomic E-state index is 0.685. The van der Waals surface area contributed by atoms with Gasteiger partial charge in [-0.25, -0.2) is 0 Å². The molecule has 3 nitrogen and oxygen atoms in total. The molecule has 0 fully saturated rings. The highest BCUT2D eigenvalue weighted by molar-refractivity contribution is 6.31. The molecule has 0 unspecified atom stereocenters. The standard InChI is InChI=1S/C11H14ClNO2/c1-13-7-8-9(12)3-4-10-11(8)15-6-2-5-14-10/h3-4,13H,2,5-7H2,1H3. The van der Waals surface area contributed by atoms with Crippen molar-refractivity contribution in [3.05, 3.63) is 22.7 Å². The quantitative estimate of drug-likeness (QED) is 0.841. The first-order chi connectivity index (χ1) is 7.33. The lowest BCUT2D eigenvalue weighted by Crippen LogP contribution is -2.08. The van der Waals surface area contributed by atoms with Crippen LogP contribution in [0.4, 0.5) is 0 Å². The van der Waals surface area contributed by atoms with Crippen LogP contribution in [0.3, 0.4) is 0 Å². The first-order valence-corrected chi connectivity index (χ1v) is 5.42. The van der Waals surface area contributed by atoms with Gasteiger partial charge < -0.3 is 14.8 Å². The molecule has 0 radical (unpaired) electrons. The molecule has 0 saturated carbocycles. The van der Waals surface area contributed by atoms with Crippen LogP contribution in [0.1, 0.15) is 12.0 Å². The van der Waals surface area contributed by atoms with E-state index in [2.05, 4.69) is 5.32 Å². The highest BCUT2D eigenvalue weighted by Gasteiger charge is 2.16. The molecule has 0 atom stereocenters. The van der Waals surface area contributed by atoms with Crippen LogP contribution in [0.5, 0.6) is 11.5 Å². The van der Waals surface area contributed by atoms with Crippen LogP contribution in [-0.4, -0.2) is 20.3 Å². The summed E-state index contributed by atoms with van der Waals surface area (Å²) in [5.74, 6) is 1.58. The van der Waals surface area contributed by atoms with Crippen molar-refractivity contribution in [2.24, 2.45) is 0 Å². The van der Waals surface area contributed by atoms with Gasteiger partial charge in [-0.1, -0.05) is 11.6 Å². The molecule has 0 aliphatic carbocycles. The summed E-state index contributed by atoms with van der Waals surface area (Å²) < 4.78 is 11.2. The number of hydrogen-bond acceptors (Lipinski definition) is 3. The van der Waals surface area contributed by atoms with Crippen molar-refractivity contribution in [3.8, 4) is 11.5 Å². The van der Waals surface area contributed by atoms with E-state index in [0.717, 1.165) is 23.5 Å². The Kier molecular flexibility index (Phi) is 3.34. The minimum atomic E-state index is 0.685. The van der Waals surface area contributed by atoms with Gasteiger partial charge in [0.1, 0.15) is 0 Å². The Balaban J connectivity index is 2.42. The Morgan fingerprint density at radius 3 is 2.93 bits per heavy atom. The monoisotopic (exact) mass is 227 g/mol. The van der Waals surface area contributed by atoms with Crippen molar-refractivity contribution in [3.63, 3.8) is 0 Å². The third kappa shape index (κ3) is 2.19. The highest BCUT2D eigenvalue weighted by atomic mass is 35.5. The lowest BCUT2D eigenvalue weighted by molar-refractivity contribution is 0.296. The molecule has 2 rings (SSSR count). The molecule has 15 heavy (non-hydrogen) atoms. The van der Waals surface area contributed by atoms with E-state index in [-0.39, 0.29) is 0 Å². The second kappa shape index (κ2) is 4.73. The van der Waals surface area contributed by atoms with E-state index in [4.69, 9.17) is 21.1 Å². The molecular formula is C11H14ClNO2. The lowest BCUT2D eigenvalue weighted by Gasteiger charge is -2.13. The number of nitrogens with one attached hydrogen (secondary N) is 1. The Morgan fingerprint density at radius 2 is 2.13 bits per heavy atom. The van der Waals surface area contributed by atoms with E-state index in [1.807, 2.05) is 19.2 Å². The van der Waals surface area contributed by atoms with Gasteiger partial charge in [-0.2, -0.15) is 0 Å². The first-order valence-electron chi connectivity index (χ1n) is 5.04. The maximum Gasteiger partial charge on any atom is 0.167 e. The summed E-state index contributed by atoms with van der Waals surface area (Å²) in [6.45, 7) is 2.07. The topological polar surface area (TPSA) is 30.5 Å². The maximum atomic E-state index is 6.12. The van der Waals surface area contributed by atoms with Crippen LogP contribution in [-0.2, 0) is 6.54 Å². The maximum absolute atomic E-state index is 6.12. The molecule has 1 N–H and O–H groups in total. The van der Waals surface area contributed by atoms with Crippen LogP contribution in [0.25, 0.3) is 0 Å². The molecule has 1 aliphatic heterocycles. The molecule has 0 spiro atoms. The molecule has 0 saturated heterocycles. The third-order valence-electron chi connectivity index (χ3n) is 2.31. The number of rotatable bonds is 2. The molecule has 1 aromatic rings. The number of fused-ring (bicyclic) bond motifs is 1. The Hall–Kier alpha value is -0.930. The zero-order chi connectivity index (χ0) is 10.7. The third-order valence-corrected chi connectivity index (χ3v) is 2.67. The van der Waals surface area contributed by atoms with Crippen molar-refractivity contribution in [1.82, 2.24) is 5.32 Å². The van der Waals surface area contributed by atoms with Gasteiger partial charge >= 0.3 is 0 Å². The normalized spacial score (nSPS) is 14.8. The summed E-state index contributed by atoms with van der Waals surface area (Å²) >= 11 is 6.12. The molecule has 82 valence electrons. The van der Waals surface area contributed by atoms with Crippen LogP contribution >= 0.6 is 11.6 Å². The average Bonchev–Trinajstić information content (AvgIpc) is 2.47. The van der Waals surface area contributed by atoms with E-state index < -0.39 is 0 Å². The molecule has 1 heterocycles. The van der Waals surface area contributed by atoms with Gasteiger partial charge in [0.25, 0.3) is 0 Å². The van der Waals surface area contributed by atoms with Crippen molar-refractivity contribution in [2.45, 2.75) is 13.0 Å². The number of halogens is 1. The minimum Gasteiger partial charge on any atom is -0.490 e. The zero-order valence-corrected chi connectivity index (χ0v) is 9.43. The molecule has 0 bridgehead atoms. The SMILES string of the molecule is CNCc1c(Cl)ccc2c1OCCCO2. The number of hydrogen-bond donors (Lipinski definition) is 1. The summed E-state index contributed by atoms with van der Waals surface area (Å²) in [6.07, 6.45) is 0.908. The fourth-order valence-electron chi connectivity index (χ4n) is 1.61. The van der Waals surface area contributed by atoms with Crippen LogP contribution in [0.15, 0.2) is 12.1 Å². The number of benzene rings is 1. The summed E-state index contributed by atoms with van der Waals surface area (Å²) in [4.78, 5) is 0. The van der Waals surface area contributed by atoms with Crippen molar-refractivity contribution >= 4 is 11.6 Å². The fraction of sp³-hybridized carbons (Fsp3) is 0.455. The predicted molar refractivity (Wildman–Crippen MR) is 59.8 cm³/mol. The predicted octanol–water partition coefficient (Wildman–Crippen LogP) is 2.22. The molecule has 1 aliphatic rings. The summed E-state index contributed by atoms with van der Waals surface area (Å²) in [5, 5.41) is 3.79. The van der Waals surface area contributed by atoms with Crippen molar-refractivity contribution in [1.29, 1.82) is 0 Å². The van der Waals surface area contributed by atoms with Gasteiger partial charge in [0.15, 0.2) is 11.5 Å². The highest BCUT2D eigenvalue weighted by Crippen LogP contribution is 2.37. The van der Waals surface area contributed by atoms with Gasteiger partial charge in [-0.05, 0) is 19.2 Å². The van der Waals surface area contributed by atoms with Crippen molar-refractivity contribution in [2.75, 3.05) is 20.3 Å². The zero-order valence-electron chi connectivity index (χ0n) is 8.68. The van der Waals surface area contributed by atoms with Crippen molar-refractivity contribution < 1.29 is 9.47 Å². The molecule has 0 amide bonds. The van der Waals surface area contributed by atoms with Crippen LogP contribution in [0, 0.1) is 0 Å². The summed E-state index contributed by atoms with van der Waals surface area (Å²) in [7, 11) is 1.88. The Labute approximate surface area is 94.3 Å². The van der Waals surface area contributed by atoms with Crippen LogP contribution < -0.4 is 14.8 Å². The molecule has 0 aromatic heterocycles. The molecule has 4 heteroatoms. The molecule has 1 aromatic carbocycles. The summed E-state index contributed by atoms with van der Waals surface area (Å²) in [5.41, 5.74) is 0.971. The van der Waals surface area contributed by atoms with E-state index in [0.29, 0.717) is 24.8 Å². The number of ether oxygens (including phenoxy) is 2. The van der Waals surface area contributed by atoms with Gasteiger partial charge in [-0.15, -0.1) is 0 Å². The Bertz CT molecular complexity index is 355. The average molecular weight is 228 g/mol. The van der Waals surface area contributed by atoms with Gasteiger partial charge in [0, 0.05) is 23.6 Å². The van der Waals surface area contributed by atoms with E-state index in [9.17, 15) is 0 Å².